The number of benzene rings is 1. The normalized spacial score (nSPS) is 16.5. The van der Waals surface area contributed by atoms with Crippen LogP contribution in [0.4, 0.5) is 0 Å². The van der Waals surface area contributed by atoms with Gasteiger partial charge in [0.15, 0.2) is 6.29 Å². The van der Waals surface area contributed by atoms with E-state index >= 15 is 0 Å². The Hall–Kier alpha value is -1.62. The van der Waals surface area contributed by atoms with Crippen LogP contribution in [0.2, 0.25) is 0 Å². The van der Waals surface area contributed by atoms with E-state index in [-0.39, 0.29) is 18.2 Å². The van der Waals surface area contributed by atoms with Crippen LogP contribution in [0.5, 0.6) is 5.75 Å². The number of phenols is 1. The summed E-state index contributed by atoms with van der Waals surface area (Å²) in [5.74, 6) is 0.0183. The van der Waals surface area contributed by atoms with E-state index in [9.17, 15) is 9.90 Å². The number of carbonyl (C=O) groups is 1. The summed E-state index contributed by atoms with van der Waals surface area (Å²) < 4.78 is 6.14. The highest BCUT2D eigenvalue weighted by atomic mass is 35.5. The minimum Gasteiger partial charge on any atom is -1.00 e. The first-order chi connectivity index (χ1) is 10.1. The molecule has 0 spiro atoms. The molecule has 0 aliphatic carbocycles. The molecule has 0 aromatic heterocycles. The summed E-state index contributed by atoms with van der Waals surface area (Å²) in [7, 11) is 0. The maximum Gasteiger partial charge on any atom is 0.153 e. The van der Waals surface area contributed by atoms with Crippen molar-refractivity contribution in [2.75, 3.05) is 26.2 Å². The standard InChI is InChI=1S/C17H21NO3.ClH/c1-3-7-18(8-4-2,11-16-13-21-16)10-14-5-6-17(20)15(9-14)12-19;/h3-6,9,12,16H,1-2,7-8,10-11,13H2;1H. The summed E-state index contributed by atoms with van der Waals surface area (Å²) in [6.07, 6.45) is 4.80. The average molecular weight is 324 g/mol. The van der Waals surface area contributed by atoms with E-state index in [1.807, 2.05) is 18.2 Å². The number of rotatable bonds is 9. The molecule has 0 amide bonds. The molecule has 1 aliphatic rings. The molecule has 1 aromatic rings. The van der Waals surface area contributed by atoms with Crippen LogP contribution in [-0.2, 0) is 11.3 Å². The molecule has 0 bridgehead atoms. The molecule has 0 saturated carbocycles. The molecule has 1 saturated heterocycles. The number of hydrogen-bond acceptors (Lipinski definition) is 3. The Morgan fingerprint density at radius 3 is 2.45 bits per heavy atom. The number of aromatic hydroxyl groups is 1. The third kappa shape index (κ3) is 4.70. The lowest BCUT2D eigenvalue weighted by Gasteiger charge is -2.37. The van der Waals surface area contributed by atoms with Gasteiger partial charge in [-0.1, -0.05) is 13.2 Å². The van der Waals surface area contributed by atoms with Gasteiger partial charge in [0, 0.05) is 5.56 Å². The van der Waals surface area contributed by atoms with Crippen molar-refractivity contribution < 1.29 is 31.5 Å². The molecule has 2 rings (SSSR count). The summed E-state index contributed by atoms with van der Waals surface area (Å²) >= 11 is 0. The van der Waals surface area contributed by atoms with Gasteiger partial charge in [-0.25, -0.2) is 0 Å². The van der Waals surface area contributed by atoms with Crippen molar-refractivity contribution in [2.45, 2.75) is 12.6 Å². The predicted octanol–water partition coefficient (Wildman–Crippen LogP) is -0.704. The van der Waals surface area contributed by atoms with E-state index in [1.54, 1.807) is 12.1 Å². The number of carbonyl (C=O) groups excluding carboxylic acids is 1. The second-order valence-corrected chi connectivity index (χ2v) is 5.59. The van der Waals surface area contributed by atoms with Crippen LogP contribution in [0.15, 0.2) is 43.5 Å². The molecular formula is C17H22ClNO3. The van der Waals surface area contributed by atoms with E-state index < -0.39 is 0 Å². The van der Waals surface area contributed by atoms with Crippen LogP contribution in [0.25, 0.3) is 0 Å². The molecule has 1 fully saturated rings. The van der Waals surface area contributed by atoms with Crippen LogP contribution in [0, 0.1) is 0 Å². The Kier molecular flexibility index (Phi) is 6.81. The number of aldehydes is 1. The maximum absolute atomic E-state index is 11.0. The van der Waals surface area contributed by atoms with Crippen molar-refractivity contribution >= 4 is 6.29 Å². The van der Waals surface area contributed by atoms with E-state index in [4.69, 9.17) is 4.74 Å². The SMILES string of the molecule is C=CC[N+](CC=C)(Cc1ccc(O)c(C=O)c1)CC1CO1.[Cl-]. The van der Waals surface area contributed by atoms with Crippen LogP contribution in [-0.4, -0.2) is 48.2 Å². The molecule has 1 N–H and O–H groups in total. The largest absolute Gasteiger partial charge is 1.00 e. The van der Waals surface area contributed by atoms with Crippen molar-refractivity contribution in [2.24, 2.45) is 0 Å². The van der Waals surface area contributed by atoms with Gasteiger partial charge in [0.2, 0.25) is 0 Å². The van der Waals surface area contributed by atoms with Gasteiger partial charge < -0.3 is 26.7 Å². The molecule has 5 heteroatoms. The molecule has 1 atom stereocenters. The van der Waals surface area contributed by atoms with Gasteiger partial charge in [-0.15, -0.1) is 0 Å². The fourth-order valence-corrected chi connectivity index (χ4v) is 2.75. The quantitative estimate of drug-likeness (QED) is 0.283. The number of ether oxygens (including phenoxy) is 1. The van der Waals surface area contributed by atoms with E-state index in [0.29, 0.717) is 18.0 Å². The van der Waals surface area contributed by atoms with Crippen molar-refractivity contribution in [3.05, 3.63) is 54.6 Å². The first-order valence-electron chi connectivity index (χ1n) is 7.08. The van der Waals surface area contributed by atoms with Crippen molar-refractivity contribution in [3.8, 4) is 5.75 Å². The Balaban J connectivity index is 0.00000242. The zero-order chi connectivity index (χ0) is 15.3. The monoisotopic (exact) mass is 323 g/mol. The lowest BCUT2D eigenvalue weighted by molar-refractivity contribution is -0.930. The number of nitrogens with zero attached hydrogens (tertiary/aromatic N) is 1. The average Bonchev–Trinajstić information content (AvgIpc) is 3.25. The van der Waals surface area contributed by atoms with Crippen LogP contribution >= 0.6 is 0 Å². The lowest BCUT2D eigenvalue weighted by atomic mass is 10.1. The third-order valence-corrected chi connectivity index (χ3v) is 3.76. The molecule has 1 aromatic carbocycles. The van der Waals surface area contributed by atoms with Crippen molar-refractivity contribution in [1.29, 1.82) is 0 Å². The van der Waals surface area contributed by atoms with Gasteiger partial charge >= 0.3 is 0 Å². The Morgan fingerprint density at radius 2 is 1.95 bits per heavy atom. The second-order valence-electron chi connectivity index (χ2n) is 5.59. The Labute approximate surface area is 137 Å². The molecule has 120 valence electrons. The van der Waals surface area contributed by atoms with Gasteiger partial charge in [-0.3, -0.25) is 4.79 Å². The summed E-state index contributed by atoms with van der Waals surface area (Å²) in [6.45, 7) is 11.8. The Morgan fingerprint density at radius 1 is 1.32 bits per heavy atom. The summed E-state index contributed by atoms with van der Waals surface area (Å²) in [6, 6.07) is 5.17. The first-order valence-corrected chi connectivity index (χ1v) is 7.08. The van der Waals surface area contributed by atoms with Crippen LogP contribution < -0.4 is 12.4 Å². The fraction of sp³-hybridized carbons (Fsp3) is 0.353. The van der Waals surface area contributed by atoms with Crippen molar-refractivity contribution in [1.82, 2.24) is 0 Å². The predicted molar refractivity (Wildman–Crippen MR) is 82.2 cm³/mol. The molecule has 1 aliphatic heterocycles. The van der Waals surface area contributed by atoms with Gasteiger partial charge in [-0.05, 0) is 30.4 Å². The molecule has 1 unspecified atom stereocenters. The van der Waals surface area contributed by atoms with Gasteiger partial charge in [-0.2, -0.15) is 0 Å². The summed E-state index contributed by atoms with van der Waals surface area (Å²) in [5.41, 5.74) is 1.34. The van der Waals surface area contributed by atoms with E-state index in [0.717, 1.165) is 42.8 Å². The highest BCUT2D eigenvalue weighted by Gasteiger charge is 2.36. The van der Waals surface area contributed by atoms with Crippen LogP contribution in [0.3, 0.4) is 0 Å². The number of phenolic OH excluding ortho intramolecular Hbond substituents is 1. The molecule has 0 radical (unpaired) electrons. The number of epoxide rings is 1. The summed E-state index contributed by atoms with van der Waals surface area (Å²) in [4.78, 5) is 11.0. The van der Waals surface area contributed by atoms with E-state index in [2.05, 4.69) is 13.2 Å². The molecule has 1 heterocycles. The summed E-state index contributed by atoms with van der Waals surface area (Å²) in [5, 5.41) is 9.61. The highest BCUT2D eigenvalue weighted by Crippen LogP contribution is 2.24. The minimum atomic E-state index is 0. The molecular weight excluding hydrogens is 302 g/mol. The van der Waals surface area contributed by atoms with E-state index in [1.165, 1.54) is 0 Å². The zero-order valence-electron chi connectivity index (χ0n) is 12.6. The number of quaternary nitrogens is 1. The van der Waals surface area contributed by atoms with Crippen molar-refractivity contribution in [3.63, 3.8) is 0 Å². The maximum atomic E-state index is 11.0. The molecule has 22 heavy (non-hydrogen) atoms. The fourth-order valence-electron chi connectivity index (χ4n) is 2.75. The number of hydrogen-bond donors (Lipinski definition) is 1. The smallest absolute Gasteiger partial charge is 0.153 e. The minimum absolute atomic E-state index is 0. The lowest BCUT2D eigenvalue weighted by Crippen LogP contribution is -3.00. The molecule has 4 nitrogen and oxygen atoms in total. The Bertz CT molecular complexity index is 531. The first kappa shape index (κ1) is 18.4. The third-order valence-electron chi connectivity index (χ3n) is 3.76. The zero-order valence-corrected chi connectivity index (χ0v) is 13.3. The number of halogens is 1. The van der Waals surface area contributed by atoms with Gasteiger partial charge in [0.1, 0.15) is 24.9 Å². The second kappa shape index (κ2) is 8.13. The topological polar surface area (TPSA) is 49.8 Å². The van der Waals surface area contributed by atoms with Gasteiger partial charge in [0.25, 0.3) is 0 Å². The van der Waals surface area contributed by atoms with Crippen LogP contribution in [0.1, 0.15) is 15.9 Å². The van der Waals surface area contributed by atoms with Gasteiger partial charge in [0.05, 0.1) is 25.3 Å². The highest BCUT2D eigenvalue weighted by molar-refractivity contribution is 5.79.